The first-order valence-electron chi connectivity index (χ1n) is 2.66. The van der Waals surface area contributed by atoms with Gasteiger partial charge in [0, 0.05) is 10.5 Å². The van der Waals surface area contributed by atoms with Crippen molar-refractivity contribution >= 4 is 21.9 Å². The minimum absolute atomic E-state index is 0.308. The Hall–Kier alpha value is -0.970. The van der Waals surface area contributed by atoms with E-state index in [4.69, 9.17) is 5.11 Å². The number of aromatic carboxylic acids is 1. The van der Waals surface area contributed by atoms with Crippen LogP contribution >= 0.6 is 15.9 Å². The van der Waals surface area contributed by atoms with E-state index in [1.54, 1.807) is 0 Å². The van der Waals surface area contributed by atoms with Crippen molar-refractivity contribution in [3.63, 3.8) is 0 Å². The quantitative estimate of drug-likeness (QED) is 0.732. The molecule has 1 heterocycles. The number of halogens is 2. The molecule has 0 atom stereocenters. The number of hydrogen-bond donors (Lipinski definition) is 1. The van der Waals surface area contributed by atoms with Crippen LogP contribution in [0.5, 0.6) is 0 Å². The van der Waals surface area contributed by atoms with Crippen LogP contribution in [0, 0.1) is 5.95 Å². The normalized spacial score (nSPS) is 9.64. The second-order valence-corrected chi connectivity index (χ2v) is 2.71. The van der Waals surface area contributed by atoms with Crippen molar-refractivity contribution in [1.29, 1.82) is 0 Å². The summed E-state index contributed by atoms with van der Waals surface area (Å²) < 4.78 is 12.7. The van der Waals surface area contributed by atoms with E-state index >= 15 is 0 Å². The second-order valence-electron chi connectivity index (χ2n) is 1.80. The van der Waals surface area contributed by atoms with Crippen molar-refractivity contribution in [3.05, 3.63) is 28.2 Å². The molecule has 0 saturated carbocycles. The first-order chi connectivity index (χ1) is 5.09. The number of nitrogens with zero attached hydrogens (tertiary/aromatic N) is 1. The third-order valence-electron chi connectivity index (χ3n) is 0.978. The number of carboxylic acids is 1. The lowest BCUT2D eigenvalue weighted by Gasteiger charge is -1.94. The topological polar surface area (TPSA) is 50.2 Å². The molecule has 0 aromatic carbocycles. The molecule has 0 fully saturated rings. The summed E-state index contributed by atoms with van der Waals surface area (Å²) in [5, 5.41) is 8.38. The molecular formula is C6H3BrFNO2. The Morgan fingerprint density at radius 2 is 2.27 bits per heavy atom. The van der Waals surface area contributed by atoms with Gasteiger partial charge in [-0.2, -0.15) is 4.39 Å². The fraction of sp³-hybridized carbons (Fsp3) is 0. The van der Waals surface area contributed by atoms with Crippen LogP contribution in [0.25, 0.3) is 0 Å². The fourth-order valence-corrected chi connectivity index (χ4v) is 0.981. The Morgan fingerprint density at radius 3 is 2.73 bits per heavy atom. The van der Waals surface area contributed by atoms with E-state index in [2.05, 4.69) is 20.9 Å². The highest BCUT2D eigenvalue weighted by Crippen LogP contribution is 2.11. The number of pyridine rings is 1. The zero-order chi connectivity index (χ0) is 8.43. The van der Waals surface area contributed by atoms with Crippen molar-refractivity contribution in [2.75, 3.05) is 0 Å². The zero-order valence-corrected chi connectivity index (χ0v) is 6.80. The van der Waals surface area contributed by atoms with Crippen LogP contribution in [-0.2, 0) is 0 Å². The monoisotopic (exact) mass is 219 g/mol. The maximum atomic E-state index is 12.4. The molecule has 3 nitrogen and oxygen atoms in total. The Morgan fingerprint density at radius 1 is 1.64 bits per heavy atom. The van der Waals surface area contributed by atoms with Gasteiger partial charge in [-0.1, -0.05) is 15.9 Å². The Bertz CT molecular complexity index is 282. The van der Waals surface area contributed by atoms with E-state index in [0.717, 1.165) is 6.07 Å². The van der Waals surface area contributed by atoms with Gasteiger partial charge in [-0.15, -0.1) is 0 Å². The van der Waals surface area contributed by atoms with E-state index < -0.39 is 11.9 Å². The maximum absolute atomic E-state index is 12.4. The molecule has 0 saturated heterocycles. The predicted octanol–water partition coefficient (Wildman–Crippen LogP) is 1.68. The number of aromatic nitrogens is 1. The minimum Gasteiger partial charge on any atom is -0.477 e. The van der Waals surface area contributed by atoms with Crippen molar-refractivity contribution in [3.8, 4) is 0 Å². The summed E-state index contributed by atoms with van der Waals surface area (Å²) in [7, 11) is 0. The summed E-state index contributed by atoms with van der Waals surface area (Å²) in [6.45, 7) is 0. The maximum Gasteiger partial charge on any atom is 0.354 e. The second kappa shape index (κ2) is 2.96. The van der Waals surface area contributed by atoms with Gasteiger partial charge in [0.25, 0.3) is 0 Å². The molecule has 0 aliphatic carbocycles. The molecular weight excluding hydrogens is 217 g/mol. The molecule has 0 amide bonds. The van der Waals surface area contributed by atoms with Gasteiger partial charge in [0.2, 0.25) is 5.95 Å². The summed E-state index contributed by atoms with van der Waals surface area (Å²) >= 11 is 2.94. The molecule has 1 N–H and O–H groups in total. The molecule has 1 rings (SSSR count). The highest BCUT2D eigenvalue weighted by molar-refractivity contribution is 9.10. The number of rotatable bonds is 1. The zero-order valence-electron chi connectivity index (χ0n) is 5.21. The van der Waals surface area contributed by atoms with Gasteiger partial charge in [0.1, 0.15) is 0 Å². The average Bonchev–Trinajstić information content (AvgIpc) is 1.85. The van der Waals surface area contributed by atoms with E-state index in [0.29, 0.717) is 4.47 Å². The van der Waals surface area contributed by atoms with Crippen LogP contribution in [0.3, 0.4) is 0 Å². The molecule has 0 radical (unpaired) electrons. The first-order valence-corrected chi connectivity index (χ1v) is 3.45. The van der Waals surface area contributed by atoms with E-state index in [1.165, 1.54) is 6.07 Å². The van der Waals surface area contributed by atoms with Crippen molar-refractivity contribution in [2.45, 2.75) is 0 Å². The van der Waals surface area contributed by atoms with E-state index in [-0.39, 0.29) is 5.69 Å². The first kappa shape index (κ1) is 8.13. The summed E-state index contributed by atoms with van der Waals surface area (Å²) in [5.74, 6) is -2.05. The molecule has 0 unspecified atom stereocenters. The van der Waals surface area contributed by atoms with Crippen LogP contribution in [0.15, 0.2) is 16.6 Å². The molecule has 0 bridgehead atoms. The van der Waals surface area contributed by atoms with E-state index in [9.17, 15) is 9.18 Å². The summed E-state index contributed by atoms with van der Waals surface area (Å²) in [6.07, 6.45) is 0. The van der Waals surface area contributed by atoms with Crippen molar-refractivity contribution in [1.82, 2.24) is 4.98 Å². The summed E-state index contributed by atoms with van der Waals surface area (Å²) in [6, 6.07) is 2.32. The largest absolute Gasteiger partial charge is 0.477 e. The van der Waals surface area contributed by atoms with Gasteiger partial charge in [-0.25, -0.2) is 9.78 Å². The minimum atomic E-state index is -1.25. The van der Waals surface area contributed by atoms with Crippen LogP contribution in [0.1, 0.15) is 10.5 Å². The Labute approximate surface area is 70.0 Å². The van der Waals surface area contributed by atoms with Gasteiger partial charge in [0.15, 0.2) is 5.69 Å². The molecule has 5 heteroatoms. The van der Waals surface area contributed by atoms with Crippen LogP contribution in [0.2, 0.25) is 0 Å². The van der Waals surface area contributed by atoms with Crippen molar-refractivity contribution in [2.24, 2.45) is 0 Å². The van der Waals surface area contributed by atoms with Crippen LogP contribution in [0.4, 0.5) is 4.39 Å². The fourth-order valence-electron chi connectivity index (χ4n) is 0.575. The highest BCUT2D eigenvalue weighted by Gasteiger charge is 2.06. The van der Waals surface area contributed by atoms with Gasteiger partial charge in [0.05, 0.1) is 0 Å². The summed E-state index contributed by atoms with van der Waals surface area (Å²) in [4.78, 5) is 13.4. The van der Waals surface area contributed by atoms with Gasteiger partial charge >= 0.3 is 5.97 Å². The molecule has 0 aliphatic rings. The van der Waals surface area contributed by atoms with Gasteiger partial charge < -0.3 is 5.11 Å². The number of carbonyl (C=O) groups is 1. The van der Waals surface area contributed by atoms with Gasteiger partial charge in [-0.3, -0.25) is 0 Å². The standard InChI is InChI=1S/C6H3BrFNO2/c7-3-1-4(6(10)11)9-5(8)2-3/h1-2H,(H,10,11). The van der Waals surface area contributed by atoms with Crippen LogP contribution in [-0.4, -0.2) is 16.1 Å². The predicted molar refractivity (Wildman–Crippen MR) is 38.9 cm³/mol. The number of hydrogen-bond acceptors (Lipinski definition) is 2. The SMILES string of the molecule is O=C(O)c1cc(Br)cc(F)n1. The third-order valence-corrected chi connectivity index (χ3v) is 1.44. The average molecular weight is 220 g/mol. The Balaban J connectivity index is 3.19. The van der Waals surface area contributed by atoms with E-state index in [1.807, 2.05) is 0 Å². The Kier molecular flexibility index (Phi) is 2.19. The molecule has 58 valence electrons. The highest BCUT2D eigenvalue weighted by atomic mass is 79.9. The van der Waals surface area contributed by atoms with Gasteiger partial charge in [-0.05, 0) is 6.07 Å². The molecule has 11 heavy (non-hydrogen) atoms. The smallest absolute Gasteiger partial charge is 0.354 e. The van der Waals surface area contributed by atoms with Crippen LogP contribution < -0.4 is 0 Å². The summed E-state index contributed by atoms with van der Waals surface area (Å²) in [5.41, 5.74) is -0.308. The molecule has 1 aromatic rings. The third kappa shape index (κ3) is 1.98. The lowest BCUT2D eigenvalue weighted by Crippen LogP contribution is -2.01. The van der Waals surface area contributed by atoms with Crippen molar-refractivity contribution < 1.29 is 14.3 Å². The molecule has 0 spiro atoms. The lowest BCUT2D eigenvalue weighted by atomic mass is 10.3. The molecule has 1 aromatic heterocycles. The number of carboxylic acid groups (broad SMARTS) is 1. The molecule has 0 aliphatic heterocycles. The lowest BCUT2D eigenvalue weighted by molar-refractivity contribution is 0.0689.